The molecule has 2 heterocycles. The van der Waals surface area contributed by atoms with Gasteiger partial charge in [0.2, 0.25) is 0 Å². The Balaban J connectivity index is 1.89. The predicted molar refractivity (Wildman–Crippen MR) is 83.2 cm³/mol. The van der Waals surface area contributed by atoms with Gasteiger partial charge in [0, 0.05) is 4.88 Å². The fourth-order valence-corrected chi connectivity index (χ4v) is 3.07. The standard InChI is InChI=1S/C15H14N4OS/c1-9-10(2)21-15-13(9)14(16-8-17-15)19-18-7-11-4-3-5-12(20)6-11/h3-6,8,20H,7H2,1-2H3. The molecule has 3 aromatic rings. The zero-order valence-electron chi connectivity index (χ0n) is 11.7. The molecule has 3 rings (SSSR count). The first-order chi connectivity index (χ1) is 10.1. The molecule has 2 aromatic heterocycles. The Bertz CT molecular complexity index is 826. The first kappa shape index (κ1) is 13.6. The molecule has 21 heavy (non-hydrogen) atoms. The van der Waals surface area contributed by atoms with Gasteiger partial charge in [-0.3, -0.25) is 0 Å². The fourth-order valence-electron chi connectivity index (χ4n) is 2.08. The van der Waals surface area contributed by atoms with E-state index in [1.165, 1.54) is 11.2 Å². The molecule has 0 aliphatic rings. The molecular formula is C15H14N4OS. The molecule has 0 saturated heterocycles. The molecule has 0 radical (unpaired) electrons. The molecule has 0 bridgehead atoms. The van der Waals surface area contributed by atoms with Gasteiger partial charge < -0.3 is 5.11 Å². The molecule has 0 amide bonds. The van der Waals surface area contributed by atoms with Crippen LogP contribution in [0.15, 0.2) is 40.8 Å². The topological polar surface area (TPSA) is 70.7 Å². The molecule has 0 aliphatic carbocycles. The largest absolute Gasteiger partial charge is 0.508 e. The number of azo groups is 1. The lowest BCUT2D eigenvalue weighted by atomic mass is 10.2. The van der Waals surface area contributed by atoms with Crippen molar-refractivity contribution in [3.8, 4) is 5.75 Å². The molecular weight excluding hydrogens is 284 g/mol. The molecule has 106 valence electrons. The maximum absolute atomic E-state index is 9.42. The second-order valence-corrected chi connectivity index (χ2v) is 5.93. The molecule has 1 N–H and O–H groups in total. The number of thiophene rings is 1. The van der Waals surface area contributed by atoms with Crippen LogP contribution in [0.2, 0.25) is 0 Å². The van der Waals surface area contributed by atoms with E-state index in [9.17, 15) is 5.11 Å². The Morgan fingerprint density at radius 2 is 2.10 bits per heavy atom. The molecule has 0 atom stereocenters. The minimum absolute atomic E-state index is 0.233. The molecule has 5 nitrogen and oxygen atoms in total. The van der Waals surface area contributed by atoms with Gasteiger partial charge in [-0.2, -0.15) is 5.11 Å². The Morgan fingerprint density at radius 1 is 1.24 bits per heavy atom. The summed E-state index contributed by atoms with van der Waals surface area (Å²) in [4.78, 5) is 10.6. The van der Waals surface area contributed by atoms with Crippen LogP contribution in [0.1, 0.15) is 16.0 Å². The van der Waals surface area contributed by atoms with Crippen molar-refractivity contribution in [2.75, 3.05) is 0 Å². The summed E-state index contributed by atoms with van der Waals surface area (Å²) in [6.07, 6.45) is 1.51. The van der Waals surface area contributed by atoms with E-state index in [0.717, 1.165) is 21.3 Å². The van der Waals surface area contributed by atoms with Crippen molar-refractivity contribution in [3.05, 3.63) is 46.6 Å². The number of aromatic hydroxyl groups is 1. The van der Waals surface area contributed by atoms with Crippen LogP contribution in [-0.4, -0.2) is 15.1 Å². The number of phenols is 1. The molecule has 0 unspecified atom stereocenters. The van der Waals surface area contributed by atoms with Crippen LogP contribution in [-0.2, 0) is 6.54 Å². The second kappa shape index (κ2) is 5.57. The van der Waals surface area contributed by atoms with Gasteiger partial charge in [0.25, 0.3) is 0 Å². The number of hydrogen-bond acceptors (Lipinski definition) is 6. The molecule has 1 aromatic carbocycles. The number of rotatable bonds is 3. The minimum atomic E-state index is 0.233. The van der Waals surface area contributed by atoms with Crippen LogP contribution in [0.5, 0.6) is 5.75 Å². The number of hydrogen-bond donors (Lipinski definition) is 1. The second-order valence-electron chi connectivity index (χ2n) is 4.73. The number of aryl methyl sites for hydroxylation is 2. The van der Waals surface area contributed by atoms with Crippen molar-refractivity contribution in [1.82, 2.24) is 9.97 Å². The molecule has 0 spiro atoms. The van der Waals surface area contributed by atoms with E-state index in [1.54, 1.807) is 29.5 Å². The highest BCUT2D eigenvalue weighted by Gasteiger charge is 2.11. The maximum Gasteiger partial charge on any atom is 0.186 e. The lowest BCUT2D eigenvalue weighted by molar-refractivity contribution is 0.474. The Labute approximate surface area is 126 Å². The average molecular weight is 298 g/mol. The highest BCUT2D eigenvalue weighted by Crippen LogP contribution is 2.33. The summed E-state index contributed by atoms with van der Waals surface area (Å²) in [5, 5.41) is 18.8. The van der Waals surface area contributed by atoms with Gasteiger partial charge in [-0.1, -0.05) is 12.1 Å². The molecule has 0 fully saturated rings. The van der Waals surface area contributed by atoms with Crippen LogP contribution in [0, 0.1) is 13.8 Å². The van der Waals surface area contributed by atoms with E-state index in [-0.39, 0.29) is 5.75 Å². The highest BCUT2D eigenvalue weighted by atomic mass is 32.1. The lowest BCUT2D eigenvalue weighted by Crippen LogP contribution is -1.82. The van der Waals surface area contributed by atoms with E-state index in [4.69, 9.17) is 0 Å². The van der Waals surface area contributed by atoms with Gasteiger partial charge in [-0.15, -0.1) is 16.5 Å². The summed E-state index contributed by atoms with van der Waals surface area (Å²) in [5.74, 6) is 0.832. The maximum atomic E-state index is 9.42. The van der Waals surface area contributed by atoms with E-state index < -0.39 is 0 Å². The zero-order valence-corrected chi connectivity index (χ0v) is 12.6. The summed E-state index contributed by atoms with van der Waals surface area (Å²) in [6.45, 7) is 4.52. The first-order valence-corrected chi connectivity index (χ1v) is 7.33. The van der Waals surface area contributed by atoms with Crippen LogP contribution in [0.4, 0.5) is 5.82 Å². The van der Waals surface area contributed by atoms with Gasteiger partial charge in [0.05, 0.1) is 11.9 Å². The van der Waals surface area contributed by atoms with Crippen LogP contribution >= 0.6 is 11.3 Å². The summed E-state index contributed by atoms with van der Waals surface area (Å²) in [7, 11) is 0. The summed E-state index contributed by atoms with van der Waals surface area (Å²) < 4.78 is 0. The number of aromatic nitrogens is 2. The Morgan fingerprint density at radius 3 is 2.90 bits per heavy atom. The van der Waals surface area contributed by atoms with Crippen molar-refractivity contribution < 1.29 is 5.11 Å². The quantitative estimate of drug-likeness (QED) is 0.733. The van der Waals surface area contributed by atoms with Gasteiger partial charge in [0.15, 0.2) is 5.82 Å². The first-order valence-electron chi connectivity index (χ1n) is 6.51. The fraction of sp³-hybridized carbons (Fsp3) is 0.200. The van der Waals surface area contributed by atoms with Crippen LogP contribution in [0.25, 0.3) is 10.2 Å². The van der Waals surface area contributed by atoms with Crippen molar-refractivity contribution in [1.29, 1.82) is 0 Å². The zero-order chi connectivity index (χ0) is 14.8. The number of benzene rings is 1. The Hall–Kier alpha value is -2.34. The number of fused-ring (bicyclic) bond motifs is 1. The predicted octanol–water partition coefficient (Wildman–Crippen LogP) is 4.30. The van der Waals surface area contributed by atoms with E-state index >= 15 is 0 Å². The van der Waals surface area contributed by atoms with E-state index in [0.29, 0.717) is 12.4 Å². The van der Waals surface area contributed by atoms with Gasteiger partial charge in [-0.05, 0) is 37.1 Å². The summed E-state index contributed by atoms with van der Waals surface area (Å²) >= 11 is 1.64. The van der Waals surface area contributed by atoms with E-state index in [2.05, 4.69) is 27.1 Å². The third kappa shape index (κ3) is 2.75. The monoisotopic (exact) mass is 298 g/mol. The summed E-state index contributed by atoms with van der Waals surface area (Å²) in [5.41, 5.74) is 2.06. The smallest absolute Gasteiger partial charge is 0.186 e. The van der Waals surface area contributed by atoms with Crippen LogP contribution in [0.3, 0.4) is 0 Å². The van der Waals surface area contributed by atoms with Gasteiger partial charge >= 0.3 is 0 Å². The molecule has 0 saturated carbocycles. The third-order valence-electron chi connectivity index (χ3n) is 3.27. The van der Waals surface area contributed by atoms with Crippen molar-refractivity contribution in [3.63, 3.8) is 0 Å². The van der Waals surface area contributed by atoms with Crippen LogP contribution < -0.4 is 0 Å². The van der Waals surface area contributed by atoms with E-state index in [1.807, 2.05) is 13.0 Å². The number of nitrogens with zero attached hydrogens (tertiary/aromatic N) is 4. The average Bonchev–Trinajstić information content (AvgIpc) is 2.75. The van der Waals surface area contributed by atoms with Crippen molar-refractivity contribution in [2.24, 2.45) is 10.2 Å². The van der Waals surface area contributed by atoms with Crippen molar-refractivity contribution in [2.45, 2.75) is 20.4 Å². The minimum Gasteiger partial charge on any atom is -0.508 e. The third-order valence-corrected chi connectivity index (χ3v) is 4.39. The molecule has 6 heteroatoms. The number of phenolic OH excluding ortho intramolecular Hbond substituents is 1. The summed E-state index contributed by atoms with van der Waals surface area (Å²) in [6, 6.07) is 6.99. The lowest BCUT2D eigenvalue weighted by Gasteiger charge is -1.98. The van der Waals surface area contributed by atoms with Gasteiger partial charge in [-0.25, -0.2) is 9.97 Å². The SMILES string of the molecule is Cc1sc2ncnc(N=NCc3cccc(O)c3)c2c1C. The highest BCUT2D eigenvalue weighted by molar-refractivity contribution is 7.18. The Kier molecular flexibility index (Phi) is 3.62. The van der Waals surface area contributed by atoms with Crippen molar-refractivity contribution >= 4 is 27.4 Å². The van der Waals surface area contributed by atoms with Gasteiger partial charge in [0.1, 0.15) is 16.9 Å². The molecule has 0 aliphatic heterocycles. The normalized spacial score (nSPS) is 11.5.